The van der Waals surface area contributed by atoms with Gasteiger partial charge in [-0.3, -0.25) is 0 Å². The maximum Gasteiger partial charge on any atom is 1.00 e. The fraction of sp³-hybridized carbons (Fsp3) is 1.00. The largest absolute Gasteiger partial charge is 1.00 e. The van der Waals surface area contributed by atoms with Crippen LogP contribution in [-0.4, -0.2) is 70.2 Å². The second-order valence-corrected chi connectivity index (χ2v) is 15.3. The van der Waals surface area contributed by atoms with E-state index in [1.165, 1.54) is 0 Å². The van der Waals surface area contributed by atoms with Crippen molar-refractivity contribution in [2.75, 3.05) is 29.3 Å². The minimum atomic E-state index is -4.01. The topological polar surface area (TPSA) is 147 Å². The SMILES string of the molecule is CB(C)I.CB(C)I.CCCCCS(=O)(=O)[O-].CCO.Cl.ClCCl.[Na+].[Na+].[O-]S([O-])([O-])CCCCCl. The van der Waals surface area contributed by atoms with Crippen molar-refractivity contribution in [3.8, 4) is 0 Å². The quantitative estimate of drug-likeness (QED) is 0.127. The van der Waals surface area contributed by atoms with Crippen LogP contribution in [0.1, 0.15) is 46.0 Å². The van der Waals surface area contributed by atoms with Crippen LogP contribution in [0.15, 0.2) is 0 Å². The number of rotatable bonds is 8. The van der Waals surface area contributed by atoms with Gasteiger partial charge in [-0.15, -0.1) is 47.2 Å². The van der Waals surface area contributed by atoms with Crippen LogP contribution in [0.2, 0.25) is 27.3 Å². The molecule has 19 heteroatoms. The molecule has 0 heterocycles. The van der Waals surface area contributed by atoms with Crippen molar-refractivity contribution in [3.05, 3.63) is 0 Å². The second kappa shape index (κ2) is 51.6. The Labute approximate surface area is 310 Å². The van der Waals surface area contributed by atoms with Crippen LogP contribution in [0.4, 0.5) is 0 Å². The molecule has 0 aliphatic heterocycles. The van der Waals surface area contributed by atoms with Gasteiger partial charge in [0.1, 0.15) is 0 Å². The van der Waals surface area contributed by atoms with Gasteiger partial charge < -0.3 is 34.2 Å². The smallest absolute Gasteiger partial charge is 0.834 e. The molecule has 7 nitrogen and oxygen atoms in total. The molecule has 0 aromatic heterocycles. The third kappa shape index (κ3) is 186. The summed E-state index contributed by atoms with van der Waals surface area (Å²) in [5.41, 5.74) is 0. The van der Waals surface area contributed by atoms with Gasteiger partial charge >= 0.3 is 59.1 Å². The predicted octanol–water partition coefficient (Wildman–Crippen LogP) is 1.12. The molecular weight excluding hydrogens is 832 g/mol. The predicted molar refractivity (Wildman–Crippen MR) is 168 cm³/mol. The number of alkyl halides is 3. The van der Waals surface area contributed by atoms with Crippen LogP contribution in [0, 0.1) is 0 Å². The van der Waals surface area contributed by atoms with Gasteiger partial charge in [-0.25, -0.2) is 8.42 Å². The van der Waals surface area contributed by atoms with Crippen molar-refractivity contribution in [1.29, 1.82) is 0 Å². The van der Waals surface area contributed by atoms with Crippen LogP contribution in [0.25, 0.3) is 0 Å². The fourth-order valence-electron chi connectivity index (χ4n) is 0.902. The van der Waals surface area contributed by atoms with Gasteiger partial charge in [0.25, 0.3) is 0 Å². The summed E-state index contributed by atoms with van der Waals surface area (Å²) in [6.07, 6.45) is 3.22. The van der Waals surface area contributed by atoms with E-state index in [9.17, 15) is 26.6 Å². The van der Waals surface area contributed by atoms with Gasteiger partial charge in [-0.2, -0.15) is 44.7 Å². The third-order valence-electron chi connectivity index (χ3n) is 1.78. The van der Waals surface area contributed by atoms with Crippen molar-refractivity contribution in [1.82, 2.24) is 0 Å². The van der Waals surface area contributed by atoms with Crippen molar-refractivity contribution >= 4 is 122 Å². The van der Waals surface area contributed by atoms with E-state index in [0.29, 0.717) is 25.1 Å². The maximum absolute atomic E-state index is 9.95. The zero-order valence-electron chi connectivity index (χ0n) is 22.2. The van der Waals surface area contributed by atoms with E-state index in [1.807, 2.05) is 6.92 Å². The van der Waals surface area contributed by atoms with Gasteiger partial charge in [0, 0.05) is 18.2 Å². The van der Waals surface area contributed by atoms with Crippen LogP contribution < -0.4 is 59.1 Å². The number of unbranched alkanes of at least 4 members (excludes halogenated alkanes) is 3. The van der Waals surface area contributed by atoms with E-state index in [1.54, 1.807) is 6.92 Å². The van der Waals surface area contributed by atoms with Crippen molar-refractivity contribution in [2.24, 2.45) is 0 Å². The van der Waals surface area contributed by atoms with E-state index in [2.05, 4.69) is 72.0 Å². The minimum absolute atomic E-state index is 0. The summed E-state index contributed by atoms with van der Waals surface area (Å²) in [4.78, 5) is 0. The Morgan fingerprint density at radius 2 is 1.03 bits per heavy atom. The van der Waals surface area contributed by atoms with Crippen molar-refractivity contribution in [2.45, 2.75) is 73.2 Å². The van der Waals surface area contributed by atoms with Crippen LogP contribution in [-0.2, 0) is 10.1 Å². The summed E-state index contributed by atoms with van der Waals surface area (Å²) in [7, 11) is -7.95. The molecule has 0 atom stereocenters. The first-order chi connectivity index (χ1) is 14.4. The summed E-state index contributed by atoms with van der Waals surface area (Å²) in [5.74, 6) is -0.0872. The normalized spacial score (nSPS) is 9.14. The Hall–Kier alpha value is 4.85. The average Bonchev–Trinajstić information content (AvgIpc) is 2.54. The molecule has 0 fully saturated rings. The molecule has 1 N–H and O–H groups in total. The zero-order chi connectivity index (χ0) is 27.2. The first kappa shape index (κ1) is 63.2. The molecule has 0 spiro atoms. The number of hydrogen-bond acceptors (Lipinski definition) is 7. The van der Waals surface area contributed by atoms with E-state index in [0.717, 1.165) is 22.0 Å². The van der Waals surface area contributed by atoms with Gasteiger partial charge in [0.05, 0.1) is 15.5 Å². The van der Waals surface area contributed by atoms with Gasteiger partial charge in [0.2, 0.25) is 9.14 Å². The molecule has 0 aromatic carbocycles. The Kier molecular flexibility index (Phi) is 93.1. The molecule has 0 saturated heterocycles. The van der Waals surface area contributed by atoms with Crippen molar-refractivity contribution in [3.63, 3.8) is 0 Å². The molecule has 0 aliphatic rings. The second-order valence-electron chi connectivity index (χ2n) is 6.07. The van der Waals surface area contributed by atoms with E-state index < -0.39 is 21.0 Å². The van der Waals surface area contributed by atoms with Crippen LogP contribution >= 0.6 is 103 Å². The Morgan fingerprint density at radius 3 is 1.20 bits per heavy atom. The molecule has 0 amide bonds. The van der Waals surface area contributed by atoms with Crippen molar-refractivity contribution < 1.29 is 90.8 Å². The summed E-state index contributed by atoms with van der Waals surface area (Å²) in [6, 6.07) is 0. The Balaban J connectivity index is -0.0000000347. The average molecular weight is 872 g/mol. The van der Waals surface area contributed by atoms with Crippen LogP contribution in [0.3, 0.4) is 0 Å². The molecule has 0 aromatic rings. The van der Waals surface area contributed by atoms with Gasteiger partial charge in [0.15, 0.2) is 0 Å². The van der Waals surface area contributed by atoms with Crippen LogP contribution in [0.5, 0.6) is 0 Å². The maximum atomic E-state index is 9.95. The molecule has 210 valence electrons. The third-order valence-corrected chi connectivity index (χ3v) is 3.62. The molecule has 0 saturated carbocycles. The van der Waals surface area contributed by atoms with Gasteiger partial charge in [-0.1, -0.05) is 52.8 Å². The molecule has 0 bridgehead atoms. The summed E-state index contributed by atoms with van der Waals surface area (Å²) in [5, 5.41) is 7.76. The first-order valence-corrected chi connectivity index (χ1v) is 17.1. The standard InChI is InChI=1S/C5H12O3S.C4H11ClO3S.2C2H6BI.C2H6O.CH2Cl2.ClH.2Na/c1-2-3-4-5-9(6,7)8;5-3-1-2-4-9(6,7)8;2*1-3(2)4;1-2-3;2-1-3;;;/h2-5H2,1H3,(H,6,7,8);6-8H,1-4H2;2*1-2H3;3H,2H2,1H3;1H2;1H;;/q;;;;;;;2*+1/p-4. The molecule has 35 heavy (non-hydrogen) atoms. The fourth-order valence-corrected chi connectivity index (χ4v) is 2.21. The summed E-state index contributed by atoms with van der Waals surface area (Å²) >= 11 is 19.4. The number of aliphatic hydroxyl groups is 1. The number of aliphatic hydroxyl groups excluding tert-OH is 1. The Bertz CT molecular complexity index is 412. The number of halogens is 6. The molecule has 0 radical (unpaired) electrons. The Morgan fingerprint density at radius 1 is 0.771 bits per heavy atom. The molecule has 0 unspecified atom stereocenters. The first-order valence-electron chi connectivity index (χ1n) is 9.86. The number of hydrogen-bond donors (Lipinski definition) is 1. The molecular formula is C16H40B2Cl4I2Na2O7S2-2. The van der Waals surface area contributed by atoms with E-state index >= 15 is 0 Å². The van der Waals surface area contributed by atoms with Gasteiger partial charge in [-0.05, 0) is 26.2 Å². The minimum Gasteiger partial charge on any atom is -0.834 e. The zero-order valence-corrected chi connectivity index (χ0v) is 35.3. The molecule has 0 rings (SSSR count). The molecule has 0 aliphatic carbocycles. The van der Waals surface area contributed by atoms with E-state index in [4.69, 9.17) is 39.9 Å². The van der Waals surface area contributed by atoms with E-state index in [-0.39, 0.29) is 95.0 Å². The monoisotopic (exact) mass is 870 g/mol. The summed E-state index contributed by atoms with van der Waals surface area (Å²) < 4.78 is 61.2. The summed E-state index contributed by atoms with van der Waals surface area (Å²) in [6.45, 7) is 12.5.